The first-order chi connectivity index (χ1) is 10.0. The number of fused-ring (bicyclic) bond motifs is 1. The fourth-order valence-corrected chi connectivity index (χ4v) is 2.45. The highest BCUT2D eigenvalue weighted by Gasteiger charge is 2.44. The normalized spacial score (nSPS) is 29.1. The van der Waals surface area contributed by atoms with Crippen LogP contribution in [0.15, 0.2) is 17.1 Å². The first-order valence-corrected chi connectivity index (χ1v) is 6.50. The summed E-state index contributed by atoms with van der Waals surface area (Å²) in [5.41, 5.74) is 1.14. The van der Waals surface area contributed by atoms with Gasteiger partial charge in [-0.1, -0.05) is 0 Å². The average molecular weight is 293 g/mol. The van der Waals surface area contributed by atoms with Gasteiger partial charge >= 0.3 is 0 Å². The Morgan fingerprint density at radius 2 is 2.14 bits per heavy atom. The lowest BCUT2D eigenvalue weighted by atomic mass is 10.0. The van der Waals surface area contributed by atoms with Crippen molar-refractivity contribution < 1.29 is 20.1 Å². The summed E-state index contributed by atoms with van der Waals surface area (Å²) < 4.78 is 5.36. The Morgan fingerprint density at radius 3 is 2.81 bits per heavy atom. The summed E-state index contributed by atoms with van der Waals surface area (Å²) in [7, 11) is 0. The maximum Gasteiger partial charge on any atom is 0.255 e. The maximum atomic E-state index is 12.1. The lowest BCUT2D eigenvalue weighted by Crippen LogP contribution is -2.33. The Hall–Kier alpha value is -1.87. The van der Waals surface area contributed by atoms with Crippen LogP contribution in [0.1, 0.15) is 17.4 Å². The number of hydrogen-bond acceptors (Lipinski definition) is 7. The van der Waals surface area contributed by atoms with E-state index in [9.17, 15) is 15.0 Å². The molecular formula is C13H15N3O5. The fourth-order valence-electron chi connectivity index (χ4n) is 2.45. The number of rotatable bonds is 2. The molecule has 1 fully saturated rings. The van der Waals surface area contributed by atoms with Crippen LogP contribution in [0, 0.1) is 6.92 Å². The Morgan fingerprint density at radius 1 is 1.38 bits per heavy atom. The van der Waals surface area contributed by atoms with Gasteiger partial charge in [0.15, 0.2) is 5.65 Å². The summed E-state index contributed by atoms with van der Waals surface area (Å²) >= 11 is 0. The van der Waals surface area contributed by atoms with Gasteiger partial charge in [-0.25, -0.2) is 9.97 Å². The summed E-state index contributed by atoms with van der Waals surface area (Å²) in [6, 6.07) is 1.48. The van der Waals surface area contributed by atoms with Crippen LogP contribution in [-0.2, 0) is 4.74 Å². The molecule has 4 atom stereocenters. The molecule has 0 spiro atoms. The number of aryl methyl sites for hydroxylation is 1. The molecule has 4 N–H and O–H groups in total. The van der Waals surface area contributed by atoms with Crippen LogP contribution < -0.4 is 5.56 Å². The molecule has 0 aromatic carbocycles. The zero-order valence-corrected chi connectivity index (χ0v) is 11.2. The third-order valence-corrected chi connectivity index (χ3v) is 3.56. The number of ether oxygens (including phenoxy) is 1. The van der Waals surface area contributed by atoms with Crippen molar-refractivity contribution in [2.75, 3.05) is 6.61 Å². The van der Waals surface area contributed by atoms with Gasteiger partial charge in [0, 0.05) is 0 Å². The predicted octanol–water partition coefficient (Wildman–Crippen LogP) is -1.22. The summed E-state index contributed by atoms with van der Waals surface area (Å²) in [4.78, 5) is 23.0. The van der Waals surface area contributed by atoms with Crippen molar-refractivity contribution in [2.24, 2.45) is 0 Å². The lowest BCUT2D eigenvalue weighted by molar-refractivity contribution is -0.0231. The molecule has 0 aliphatic carbocycles. The first kappa shape index (κ1) is 14.1. The minimum absolute atomic E-state index is 0.143. The van der Waals surface area contributed by atoms with Crippen molar-refractivity contribution >= 4 is 11.2 Å². The van der Waals surface area contributed by atoms with Crippen LogP contribution in [-0.4, -0.2) is 55.2 Å². The van der Waals surface area contributed by atoms with Gasteiger partial charge in [-0.3, -0.25) is 4.79 Å². The Balaban J connectivity index is 2.08. The molecular weight excluding hydrogens is 278 g/mol. The van der Waals surface area contributed by atoms with Crippen molar-refractivity contribution in [3.05, 3.63) is 33.9 Å². The second-order valence-corrected chi connectivity index (χ2v) is 5.06. The topological polar surface area (TPSA) is 129 Å². The molecule has 2 aromatic rings. The minimum atomic E-state index is -1.29. The van der Waals surface area contributed by atoms with Gasteiger partial charge in [0.05, 0.1) is 24.1 Å². The van der Waals surface area contributed by atoms with Crippen LogP contribution in [0.5, 0.6) is 0 Å². The van der Waals surface area contributed by atoms with Gasteiger partial charge in [-0.15, -0.1) is 0 Å². The summed E-state index contributed by atoms with van der Waals surface area (Å²) in [5, 5.41) is 28.8. The summed E-state index contributed by atoms with van der Waals surface area (Å²) in [6.45, 7) is 1.32. The van der Waals surface area contributed by atoms with E-state index in [0.29, 0.717) is 16.9 Å². The average Bonchev–Trinajstić information content (AvgIpc) is 2.75. The zero-order chi connectivity index (χ0) is 15.1. The molecule has 1 aliphatic heterocycles. The van der Waals surface area contributed by atoms with Crippen LogP contribution in [0.3, 0.4) is 0 Å². The van der Waals surface area contributed by atoms with E-state index < -0.39 is 36.6 Å². The van der Waals surface area contributed by atoms with Crippen LogP contribution in [0.25, 0.3) is 11.2 Å². The quantitative estimate of drug-likeness (QED) is 0.546. The van der Waals surface area contributed by atoms with Crippen LogP contribution >= 0.6 is 0 Å². The molecule has 21 heavy (non-hydrogen) atoms. The summed E-state index contributed by atoms with van der Waals surface area (Å²) in [5.74, 6) is 0. The van der Waals surface area contributed by atoms with Crippen molar-refractivity contribution in [2.45, 2.75) is 31.3 Å². The van der Waals surface area contributed by atoms with Crippen LogP contribution in [0.4, 0.5) is 0 Å². The number of nitrogens with one attached hydrogen (secondary N) is 1. The molecule has 0 amide bonds. The van der Waals surface area contributed by atoms with Crippen molar-refractivity contribution in [3.63, 3.8) is 0 Å². The fraction of sp³-hybridized carbons (Fsp3) is 0.462. The number of aliphatic hydroxyl groups is 3. The highest BCUT2D eigenvalue weighted by Crippen LogP contribution is 2.32. The number of aromatic amines is 1. The molecule has 1 saturated heterocycles. The van der Waals surface area contributed by atoms with Gasteiger partial charge in [-0.05, 0) is 13.0 Å². The van der Waals surface area contributed by atoms with Crippen LogP contribution in [0.2, 0.25) is 0 Å². The molecule has 0 saturated carbocycles. The van der Waals surface area contributed by atoms with E-state index >= 15 is 0 Å². The third-order valence-electron chi connectivity index (χ3n) is 3.56. The standard InChI is InChI=1S/C13H15N3O5/c1-5-3-14-12-7(15-5)2-6(13(20)16-12)11-10(19)9(18)8(4-17)21-11/h2-3,8-11,17-19H,4H2,1H3,(H,14,16,20)/t8-,9?,10?,11+/m1/s1. The van der Waals surface area contributed by atoms with Gasteiger partial charge in [0.1, 0.15) is 29.9 Å². The third kappa shape index (κ3) is 2.32. The Bertz CT molecular complexity index is 731. The smallest absolute Gasteiger partial charge is 0.255 e. The monoisotopic (exact) mass is 293 g/mol. The molecule has 3 heterocycles. The van der Waals surface area contributed by atoms with E-state index in [-0.39, 0.29) is 5.56 Å². The molecule has 1 aliphatic rings. The minimum Gasteiger partial charge on any atom is -0.394 e. The zero-order valence-electron chi connectivity index (χ0n) is 11.2. The largest absolute Gasteiger partial charge is 0.394 e. The molecule has 8 nitrogen and oxygen atoms in total. The van der Waals surface area contributed by atoms with E-state index in [4.69, 9.17) is 9.84 Å². The van der Waals surface area contributed by atoms with Crippen molar-refractivity contribution in [1.29, 1.82) is 0 Å². The Kier molecular flexibility index (Phi) is 3.46. The van der Waals surface area contributed by atoms with Gasteiger partial charge in [0.25, 0.3) is 5.56 Å². The van der Waals surface area contributed by atoms with E-state index in [2.05, 4.69) is 15.0 Å². The van der Waals surface area contributed by atoms with E-state index in [0.717, 1.165) is 0 Å². The van der Waals surface area contributed by atoms with E-state index in [1.165, 1.54) is 12.3 Å². The molecule has 2 unspecified atom stereocenters. The van der Waals surface area contributed by atoms with Crippen molar-refractivity contribution in [1.82, 2.24) is 15.0 Å². The van der Waals surface area contributed by atoms with Gasteiger partial charge in [-0.2, -0.15) is 0 Å². The lowest BCUT2D eigenvalue weighted by Gasteiger charge is -2.14. The van der Waals surface area contributed by atoms with E-state index in [1.807, 2.05) is 0 Å². The molecule has 2 aromatic heterocycles. The number of pyridine rings is 1. The van der Waals surface area contributed by atoms with E-state index in [1.54, 1.807) is 6.92 Å². The van der Waals surface area contributed by atoms with Gasteiger partial charge < -0.3 is 25.0 Å². The molecule has 8 heteroatoms. The molecule has 112 valence electrons. The number of H-pyrrole nitrogens is 1. The highest BCUT2D eigenvalue weighted by molar-refractivity contribution is 5.70. The molecule has 3 rings (SSSR count). The number of nitrogens with zero attached hydrogens (tertiary/aromatic N) is 2. The highest BCUT2D eigenvalue weighted by atomic mass is 16.6. The number of hydrogen-bond donors (Lipinski definition) is 4. The second-order valence-electron chi connectivity index (χ2n) is 5.06. The summed E-state index contributed by atoms with van der Waals surface area (Å²) in [6.07, 6.45) is -2.96. The first-order valence-electron chi connectivity index (χ1n) is 6.50. The SMILES string of the molecule is Cc1cnc2[nH]c(=O)c([C@@H]3O[C@H](CO)C(O)C3O)cc2n1. The van der Waals surface area contributed by atoms with Crippen molar-refractivity contribution in [3.8, 4) is 0 Å². The van der Waals surface area contributed by atoms with Gasteiger partial charge in [0.2, 0.25) is 0 Å². The Labute approximate surface area is 119 Å². The number of aromatic nitrogens is 3. The molecule has 0 bridgehead atoms. The predicted molar refractivity (Wildman–Crippen MR) is 71.6 cm³/mol. The maximum absolute atomic E-state index is 12.1. The molecule has 0 radical (unpaired) electrons. The second kappa shape index (κ2) is 5.15. The number of aliphatic hydroxyl groups excluding tert-OH is 3.